The average molecular weight is 252 g/mol. The van der Waals surface area contributed by atoms with E-state index >= 15 is 0 Å². The van der Waals surface area contributed by atoms with E-state index in [9.17, 15) is 0 Å². The zero-order chi connectivity index (χ0) is 11.5. The summed E-state index contributed by atoms with van der Waals surface area (Å²) < 4.78 is 0. The summed E-state index contributed by atoms with van der Waals surface area (Å²) >= 11 is 12.4. The van der Waals surface area contributed by atoms with Gasteiger partial charge in [-0.05, 0) is 17.7 Å². The number of benzene rings is 2. The van der Waals surface area contributed by atoms with Crippen LogP contribution in [0.4, 0.5) is 5.69 Å². The number of halogens is 2. The van der Waals surface area contributed by atoms with Gasteiger partial charge in [-0.3, -0.25) is 0 Å². The first-order valence-electron chi connectivity index (χ1n) is 4.94. The van der Waals surface area contributed by atoms with E-state index in [-0.39, 0.29) is 0 Å². The zero-order valence-electron chi connectivity index (χ0n) is 8.80. The lowest BCUT2D eigenvalue weighted by Crippen LogP contribution is -1.89. The van der Waals surface area contributed by atoms with Crippen molar-refractivity contribution in [1.29, 1.82) is 0 Å². The molecule has 0 unspecified atom stereocenters. The highest BCUT2D eigenvalue weighted by molar-refractivity contribution is 6.39. The van der Waals surface area contributed by atoms with Gasteiger partial charge in [0.05, 0.1) is 10.0 Å². The summed E-state index contributed by atoms with van der Waals surface area (Å²) in [6, 6.07) is 13.6. The van der Waals surface area contributed by atoms with E-state index in [1.807, 2.05) is 49.5 Å². The van der Waals surface area contributed by atoms with Crippen LogP contribution in [0.15, 0.2) is 42.5 Å². The Morgan fingerprint density at radius 1 is 0.938 bits per heavy atom. The van der Waals surface area contributed by atoms with E-state index in [4.69, 9.17) is 23.2 Å². The quantitative estimate of drug-likeness (QED) is 0.816. The number of rotatable bonds is 2. The van der Waals surface area contributed by atoms with Crippen LogP contribution in [0, 0.1) is 0 Å². The SMILES string of the molecule is CNc1cc(Cl)c(-c2ccccc2)c(Cl)c1. The highest BCUT2D eigenvalue weighted by Crippen LogP contribution is 2.36. The van der Waals surface area contributed by atoms with Gasteiger partial charge >= 0.3 is 0 Å². The van der Waals surface area contributed by atoms with Crippen molar-refractivity contribution < 1.29 is 0 Å². The lowest BCUT2D eigenvalue weighted by molar-refractivity contribution is 1.51. The third-order valence-corrected chi connectivity index (χ3v) is 2.99. The average Bonchev–Trinajstić information content (AvgIpc) is 2.29. The van der Waals surface area contributed by atoms with Gasteiger partial charge in [0.15, 0.2) is 0 Å². The Labute approximate surface area is 105 Å². The first kappa shape index (κ1) is 11.3. The molecule has 3 heteroatoms. The van der Waals surface area contributed by atoms with Crippen molar-refractivity contribution in [2.24, 2.45) is 0 Å². The van der Waals surface area contributed by atoms with Gasteiger partial charge in [-0.2, -0.15) is 0 Å². The number of hydrogen-bond donors (Lipinski definition) is 1. The minimum atomic E-state index is 0.656. The lowest BCUT2D eigenvalue weighted by atomic mass is 10.1. The predicted molar refractivity (Wildman–Crippen MR) is 71.4 cm³/mol. The fourth-order valence-electron chi connectivity index (χ4n) is 1.60. The van der Waals surface area contributed by atoms with E-state index < -0.39 is 0 Å². The van der Waals surface area contributed by atoms with Crippen LogP contribution in [0.2, 0.25) is 10.0 Å². The maximum absolute atomic E-state index is 6.22. The van der Waals surface area contributed by atoms with Crippen LogP contribution < -0.4 is 5.32 Å². The van der Waals surface area contributed by atoms with E-state index in [1.54, 1.807) is 0 Å². The standard InChI is InChI=1S/C13H11Cl2N/c1-16-10-7-11(14)13(12(15)8-10)9-5-3-2-4-6-9/h2-8,16H,1H3. The third kappa shape index (κ3) is 2.16. The summed E-state index contributed by atoms with van der Waals surface area (Å²) in [7, 11) is 1.84. The molecule has 2 aromatic carbocycles. The van der Waals surface area contributed by atoms with Gasteiger partial charge in [0, 0.05) is 18.3 Å². The topological polar surface area (TPSA) is 12.0 Å². The summed E-state index contributed by atoms with van der Waals surface area (Å²) in [4.78, 5) is 0. The Morgan fingerprint density at radius 2 is 1.50 bits per heavy atom. The van der Waals surface area contributed by atoms with E-state index in [2.05, 4.69) is 5.32 Å². The molecule has 0 spiro atoms. The van der Waals surface area contributed by atoms with Crippen LogP contribution in [-0.2, 0) is 0 Å². The van der Waals surface area contributed by atoms with Gasteiger partial charge in [-0.25, -0.2) is 0 Å². The Balaban J connectivity index is 2.58. The fourth-order valence-corrected chi connectivity index (χ4v) is 2.30. The molecular weight excluding hydrogens is 241 g/mol. The molecular formula is C13H11Cl2N. The second-order valence-electron chi connectivity index (χ2n) is 3.43. The molecule has 0 saturated carbocycles. The Morgan fingerprint density at radius 3 is 2.00 bits per heavy atom. The fraction of sp³-hybridized carbons (Fsp3) is 0.0769. The van der Waals surface area contributed by atoms with E-state index in [0.717, 1.165) is 16.8 Å². The molecule has 2 rings (SSSR count). The Bertz CT molecular complexity index is 472. The molecule has 1 nitrogen and oxygen atoms in total. The first-order valence-corrected chi connectivity index (χ1v) is 5.70. The molecule has 16 heavy (non-hydrogen) atoms. The minimum absolute atomic E-state index is 0.656. The van der Waals surface area contributed by atoms with Crippen molar-refractivity contribution in [3.05, 3.63) is 52.5 Å². The van der Waals surface area contributed by atoms with Crippen molar-refractivity contribution in [3.63, 3.8) is 0 Å². The normalized spacial score (nSPS) is 10.2. The molecule has 0 aromatic heterocycles. The maximum Gasteiger partial charge on any atom is 0.0519 e. The molecule has 0 saturated heterocycles. The molecule has 0 aliphatic heterocycles. The highest BCUT2D eigenvalue weighted by atomic mass is 35.5. The summed E-state index contributed by atoms with van der Waals surface area (Å²) in [5, 5.41) is 4.33. The first-order chi connectivity index (χ1) is 7.72. The molecule has 0 fully saturated rings. The highest BCUT2D eigenvalue weighted by Gasteiger charge is 2.09. The smallest absolute Gasteiger partial charge is 0.0519 e. The molecule has 0 aliphatic rings. The van der Waals surface area contributed by atoms with Gasteiger partial charge < -0.3 is 5.32 Å². The second kappa shape index (κ2) is 4.77. The van der Waals surface area contributed by atoms with E-state index in [0.29, 0.717) is 10.0 Å². The van der Waals surface area contributed by atoms with Gasteiger partial charge in [0.1, 0.15) is 0 Å². The van der Waals surface area contributed by atoms with Gasteiger partial charge in [-0.1, -0.05) is 53.5 Å². The molecule has 2 aromatic rings. The van der Waals surface area contributed by atoms with Crippen molar-refractivity contribution in [1.82, 2.24) is 0 Å². The van der Waals surface area contributed by atoms with Crippen LogP contribution in [0.1, 0.15) is 0 Å². The number of anilines is 1. The summed E-state index contributed by atoms with van der Waals surface area (Å²) in [6.07, 6.45) is 0. The lowest BCUT2D eigenvalue weighted by Gasteiger charge is -2.09. The molecule has 1 N–H and O–H groups in total. The summed E-state index contributed by atoms with van der Waals surface area (Å²) in [5.74, 6) is 0. The molecule has 0 aliphatic carbocycles. The predicted octanol–water partition coefficient (Wildman–Crippen LogP) is 4.70. The summed E-state index contributed by atoms with van der Waals surface area (Å²) in [6.45, 7) is 0. The van der Waals surface area contributed by atoms with Crippen LogP contribution in [0.3, 0.4) is 0 Å². The third-order valence-electron chi connectivity index (χ3n) is 2.39. The molecule has 0 heterocycles. The van der Waals surface area contributed by atoms with Crippen LogP contribution in [0.5, 0.6) is 0 Å². The molecule has 82 valence electrons. The molecule has 0 atom stereocenters. The maximum atomic E-state index is 6.22. The molecule has 0 radical (unpaired) electrons. The number of nitrogens with one attached hydrogen (secondary N) is 1. The summed E-state index contributed by atoms with van der Waals surface area (Å²) in [5.41, 5.74) is 2.82. The zero-order valence-corrected chi connectivity index (χ0v) is 10.3. The molecule has 0 bridgehead atoms. The van der Waals surface area contributed by atoms with Crippen LogP contribution in [0.25, 0.3) is 11.1 Å². The van der Waals surface area contributed by atoms with Crippen LogP contribution in [-0.4, -0.2) is 7.05 Å². The Kier molecular flexibility index (Phi) is 3.37. The van der Waals surface area contributed by atoms with Crippen molar-refractivity contribution in [2.45, 2.75) is 0 Å². The van der Waals surface area contributed by atoms with Crippen molar-refractivity contribution in [3.8, 4) is 11.1 Å². The number of hydrogen-bond acceptors (Lipinski definition) is 1. The van der Waals surface area contributed by atoms with Crippen molar-refractivity contribution in [2.75, 3.05) is 12.4 Å². The largest absolute Gasteiger partial charge is 0.388 e. The Hall–Kier alpha value is -1.18. The van der Waals surface area contributed by atoms with Gasteiger partial charge in [0.25, 0.3) is 0 Å². The van der Waals surface area contributed by atoms with Gasteiger partial charge in [-0.15, -0.1) is 0 Å². The molecule has 0 amide bonds. The van der Waals surface area contributed by atoms with Crippen LogP contribution >= 0.6 is 23.2 Å². The monoisotopic (exact) mass is 251 g/mol. The van der Waals surface area contributed by atoms with E-state index in [1.165, 1.54) is 0 Å². The minimum Gasteiger partial charge on any atom is -0.388 e. The van der Waals surface area contributed by atoms with Gasteiger partial charge in [0.2, 0.25) is 0 Å². The van der Waals surface area contributed by atoms with Crippen molar-refractivity contribution >= 4 is 28.9 Å². The second-order valence-corrected chi connectivity index (χ2v) is 4.25.